The first-order valence-electron chi connectivity index (χ1n) is 6.81. The molecule has 0 bridgehead atoms. The third kappa shape index (κ3) is 2.76. The molecular formula is C16H14Cl2N2O. The molecule has 0 saturated carbocycles. The molecule has 0 aliphatic rings. The maximum absolute atomic E-state index is 6.21. The van der Waals surface area contributed by atoms with E-state index in [1.165, 1.54) is 0 Å². The Bertz CT molecular complexity index is 811. The molecule has 3 rings (SSSR count). The monoisotopic (exact) mass is 320 g/mol. The molecule has 0 fully saturated rings. The summed E-state index contributed by atoms with van der Waals surface area (Å²) >= 11 is 12.2. The van der Waals surface area contributed by atoms with E-state index < -0.39 is 0 Å². The van der Waals surface area contributed by atoms with Crippen molar-refractivity contribution in [3.05, 3.63) is 45.8 Å². The number of nitrogens with zero attached hydrogens (tertiary/aromatic N) is 2. The third-order valence-corrected chi connectivity index (χ3v) is 3.92. The number of aryl methyl sites for hydroxylation is 1. The van der Waals surface area contributed by atoms with Crippen LogP contribution in [0.2, 0.25) is 10.2 Å². The molecule has 108 valence electrons. The third-order valence-electron chi connectivity index (χ3n) is 3.32. The minimum Gasteiger partial charge on any atom is -0.454 e. The number of halogens is 2. The first-order valence-corrected chi connectivity index (χ1v) is 7.56. The highest BCUT2D eigenvalue weighted by atomic mass is 35.5. The van der Waals surface area contributed by atoms with E-state index in [0.717, 1.165) is 40.9 Å². The van der Waals surface area contributed by atoms with Gasteiger partial charge in [0.15, 0.2) is 5.76 Å². The Balaban J connectivity index is 2.16. The molecule has 0 aliphatic heterocycles. The summed E-state index contributed by atoms with van der Waals surface area (Å²) < 4.78 is 5.87. The zero-order chi connectivity index (χ0) is 15.0. The van der Waals surface area contributed by atoms with Gasteiger partial charge < -0.3 is 4.42 Å². The molecule has 1 aromatic carbocycles. The van der Waals surface area contributed by atoms with E-state index in [-0.39, 0.29) is 0 Å². The van der Waals surface area contributed by atoms with Crippen molar-refractivity contribution >= 4 is 34.2 Å². The van der Waals surface area contributed by atoms with Crippen molar-refractivity contribution in [1.29, 1.82) is 0 Å². The Morgan fingerprint density at radius 2 is 1.95 bits per heavy atom. The van der Waals surface area contributed by atoms with Gasteiger partial charge in [-0.25, -0.2) is 9.97 Å². The summed E-state index contributed by atoms with van der Waals surface area (Å²) in [5, 5.41) is 2.10. The van der Waals surface area contributed by atoms with Crippen LogP contribution >= 0.6 is 23.2 Å². The van der Waals surface area contributed by atoms with Crippen molar-refractivity contribution in [3.63, 3.8) is 0 Å². The molecule has 5 heteroatoms. The zero-order valence-electron chi connectivity index (χ0n) is 11.8. The molecule has 0 spiro atoms. The second-order valence-electron chi connectivity index (χ2n) is 4.95. The number of hydrogen-bond donors (Lipinski definition) is 0. The van der Waals surface area contributed by atoms with Gasteiger partial charge in [-0.15, -0.1) is 0 Å². The zero-order valence-corrected chi connectivity index (χ0v) is 13.3. The SMILES string of the molecule is CCCc1nc(Cl)c(C)c(-c2cc3cc(Cl)ccc3o2)n1. The number of furan rings is 1. The standard InChI is InChI=1S/C16H14Cl2N2O/c1-3-4-14-19-15(9(2)16(18)20-14)13-8-10-7-11(17)5-6-12(10)21-13/h5-8H,3-4H2,1-2H3. The lowest BCUT2D eigenvalue weighted by molar-refractivity contribution is 0.626. The fourth-order valence-corrected chi connectivity index (χ4v) is 2.61. The van der Waals surface area contributed by atoms with Gasteiger partial charge in [0.2, 0.25) is 0 Å². The number of rotatable bonds is 3. The normalized spacial score (nSPS) is 11.2. The predicted molar refractivity (Wildman–Crippen MR) is 86.0 cm³/mol. The van der Waals surface area contributed by atoms with Crippen molar-refractivity contribution in [2.75, 3.05) is 0 Å². The summed E-state index contributed by atoms with van der Waals surface area (Å²) in [7, 11) is 0. The van der Waals surface area contributed by atoms with Crippen molar-refractivity contribution in [3.8, 4) is 11.5 Å². The summed E-state index contributed by atoms with van der Waals surface area (Å²) in [5.74, 6) is 1.42. The Kier molecular flexibility index (Phi) is 3.87. The van der Waals surface area contributed by atoms with Gasteiger partial charge in [0.05, 0.1) is 0 Å². The molecule has 0 atom stereocenters. The molecule has 0 radical (unpaired) electrons. The minimum atomic E-state index is 0.474. The number of fused-ring (bicyclic) bond motifs is 1. The largest absolute Gasteiger partial charge is 0.454 e. The van der Waals surface area contributed by atoms with Crippen LogP contribution in [0, 0.1) is 6.92 Å². The Labute approximate surface area is 132 Å². The Morgan fingerprint density at radius 1 is 1.14 bits per heavy atom. The molecule has 3 nitrogen and oxygen atoms in total. The lowest BCUT2D eigenvalue weighted by Crippen LogP contribution is -2.00. The average Bonchev–Trinajstić information content (AvgIpc) is 2.85. The lowest BCUT2D eigenvalue weighted by Gasteiger charge is -2.06. The topological polar surface area (TPSA) is 38.9 Å². The molecule has 0 N–H and O–H groups in total. The van der Waals surface area contributed by atoms with Crippen LogP contribution in [0.1, 0.15) is 24.7 Å². The van der Waals surface area contributed by atoms with Crippen LogP contribution in [0.5, 0.6) is 0 Å². The molecule has 21 heavy (non-hydrogen) atoms. The van der Waals surface area contributed by atoms with Gasteiger partial charge in [0.25, 0.3) is 0 Å². The number of aromatic nitrogens is 2. The van der Waals surface area contributed by atoms with Gasteiger partial charge in [-0.05, 0) is 37.6 Å². The molecule has 3 aromatic rings. The van der Waals surface area contributed by atoms with Gasteiger partial charge in [-0.1, -0.05) is 30.1 Å². The van der Waals surface area contributed by atoms with Crippen molar-refractivity contribution < 1.29 is 4.42 Å². The van der Waals surface area contributed by atoms with Crippen LogP contribution < -0.4 is 0 Å². The van der Waals surface area contributed by atoms with Gasteiger partial charge >= 0.3 is 0 Å². The van der Waals surface area contributed by atoms with E-state index in [2.05, 4.69) is 16.9 Å². The van der Waals surface area contributed by atoms with E-state index in [9.17, 15) is 0 Å². The van der Waals surface area contributed by atoms with E-state index >= 15 is 0 Å². The highest BCUT2D eigenvalue weighted by Crippen LogP contribution is 2.32. The fourth-order valence-electron chi connectivity index (χ4n) is 2.24. The maximum Gasteiger partial charge on any atom is 0.154 e. The van der Waals surface area contributed by atoms with Crippen LogP contribution in [0.3, 0.4) is 0 Å². The smallest absolute Gasteiger partial charge is 0.154 e. The quantitative estimate of drug-likeness (QED) is 0.601. The van der Waals surface area contributed by atoms with Gasteiger partial charge in [-0.2, -0.15) is 0 Å². The summed E-state index contributed by atoms with van der Waals surface area (Å²) in [5.41, 5.74) is 2.34. The first kappa shape index (κ1) is 14.4. The predicted octanol–water partition coefficient (Wildman–Crippen LogP) is 5.46. The Hall–Kier alpha value is -1.58. The lowest BCUT2D eigenvalue weighted by atomic mass is 10.2. The molecule has 2 aromatic heterocycles. The first-order chi connectivity index (χ1) is 10.1. The van der Waals surface area contributed by atoms with Gasteiger partial charge in [-0.3, -0.25) is 0 Å². The fraction of sp³-hybridized carbons (Fsp3) is 0.250. The number of benzene rings is 1. The molecule has 0 amide bonds. The molecular weight excluding hydrogens is 307 g/mol. The average molecular weight is 321 g/mol. The summed E-state index contributed by atoms with van der Waals surface area (Å²) in [6.07, 6.45) is 1.76. The van der Waals surface area contributed by atoms with E-state index in [1.807, 2.05) is 25.1 Å². The second-order valence-corrected chi connectivity index (χ2v) is 5.74. The number of hydrogen-bond acceptors (Lipinski definition) is 3. The van der Waals surface area contributed by atoms with E-state index in [1.54, 1.807) is 6.07 Å². The second kappa shape index (κ2) is 5.66. The van der Waals surface area contributed by atoms with Crippen LogP contribution in [0.25, 0.3) is 22.4 Å². The molecule has 0 unspecified atom stereocenters. The van der Waals surface area contributed by atoms with Crippen LogP contribution in [0.4, 0.5) is 0 Å². The van der Waals surface area contributed by atoms with E-state index in [0.29, 0.717) is 15.9 Å². The van der Waals surface area contributed by atoms with Crippen LogP contribution in [-0.2, 0) is 6.42 Å². The Morgan fingerprint density at radius 3 is 2.71 bits per heavy atom. The molecule has 0 saturated heterocycles. The summed E-state index contributed by atoms with van der Waals surface area (Å²) in [4.78, 5) is 8.90. The maximum atomic E-state index is 6.21. The minimum absolute atomic E-state index is 0.474. The highest BCUT2D eigenvalue weighted by Gasteiger charge is 2.15. The summed E-state index contributed by atoms with van der Waals surface area (Å²) in [6.45, 7) is 3.98. The van der Waals surface area contributed by atoms with Crippen LogP contribution in [-0.4, -0.2) is 9.97 Å². The van der Waals surface area contributed by atoms with Gasteiger partial charge in [0, 0.05) is 22.4 Å². The van der Waals surface area contributed by atoms with Gasteiger partial charge in [0.1, 0.15) is 22.3 Å². The van der Waals surface area contributed by atoms with Crippen LogP contribution in [0.15, 0.2) is 28.7 Å². The summed E-state index contributed by atoms with van der Waals surface area (Å²) in [6, 6.07) is 7.46. The van der Waals surface area contributed by atoms with Crippen molar-refractivity contribution in [2.24, 2.45) is 0 Å². The van der Waals surface area contributed by atoms with E-state index in [4.69, 9.17) is 27.6 Å². The van der Waals surface area contributed by atoms with Crippen molar-refractivity contribution in [1.82, 2.24) is 9.97 Å². The molecule has 2 heterocycles. The molecule has 0 aliphatic carbocycles. The highest BCUT2D eigenvalue weighted by molar-refractivity contribution is 6.31. The van der Waals surface area contributed by atoms with Crippen molar-refractivity contribution in [2.45, 2.75) is 26.7 Å².